The Morgan fingerprint density at radius 3 is 2.73 bits per heavy atom. The van der Waals surface area contributed by atoms with E-state index in [0.717, 1.165) is 16.2 Å². The highest BCUT2D eigenvalue weighted by molar-refractivity contribution is 9.10. The molecule has 3 N–H and O–H groups in total. The van der Waals surface area contributed by atoms with Crippen LogP contribution in [0.5, 0.6) is 0 Å². The Balaban J connectivity index is 2.67. The number of thiazole rings is 1. The van der Waals surface area contributed by atoms with Crippen LogP contribution in [-0.2, 0) is 0 Å². The zero-order valence-electron chi connectivity index (χ0n) is 9.38. The van der Waals surface area contributed by atoms with Crippen molar-refractivity contribution in [2.45, 2.75) is 32.7 Å². The summed E-state index contributed by atoms with van der Waals surface area (Å²) in [6.07, 6.45) is 1.04. The summed E-state index contributed by atoms with van der Waals surface area (Å²) in [5.74, 6) is 0.620. The molecule has 5 heteroatoms. The van der Waals surface area contributed by atoms with Crippen LogP contribution >= 0.6 is 27.3 Å². The van der Waals surface area contributed by atoms with E-state index >= 15 is 0 Å². The fourth-order valence-electron chi connectivity index (χ4n) is 1.66. The highest BCUT2D eigenvalue weighted by Gasteiger charge is 2.24. The largest absolute Gasteiger partial charge is 0.355 e. The minimum absolute atomic E-state index is 0.0640. The van der Waals surface area contributed by atoms with Crippen molar-refractivity contribution in [2.24, 2.45) is 11.7 Å². The van der Waals surface area contributed by atoms with Crippen LogP contribution in [0.4, 0.5) is 5.13 Å². The van der Waals surface area contributed by atoms with Crippen LogP contribution in [0.3, 0.4) is 0 Å². The highest BCUT2D eigenvalue weighted by atomic mass is 79.9. The van der Waals surface area contributed by atoms with Crippen molar-refractivity contribution in [3.8, 4) is 0 Å². The van der Waals surface area contributed by atoms with E-state index in [0.29, 0.717) is 12.5 Å². The van der Waals surface area contributed by atoms with E-state index in [1.807, 2.05) is 5.38 Å². The van der Waals surface area contributed by atoms with E-state index in [4.69, 9.17) is 5.73 Å². The molecule has 0 spiro atoms. The summed E-state index contributed by atoms with van der Waals surface area (Å²) in [6, 6.07) is 0. The summed E-state index contributed by atoms with van der Waals surface area (Å²) < 4.78 is 0.874. The lowest BCUT2D eigenvalue weighted by Crippen LogP contribution is -2.43. The second-order valence-corrected chi connectivity index (χ2v) is 6.13. The molecule has 1 aromatic rings. The molecule has 1 unspecified atom stereocenters. The quantitative estimate of drug-likeness (QED) is 0.877. The van der Waals surface area contributed by atoms with Gasteiger partial charge < -0.3 is 11.1 Å². The van der Waals surface area contributed by atoms with Gasteiger partial charge in [0.15, 0.2) is 5.13 Å². The van der Waals surface area contributed by atoms with Crippen molar-refractivity contribution < 1.29 is 0 Å². The first kappa shape index (κ1) is 12.9. The molecule has 1 atom stereocenters. The molecule has 0 aliphatic carbocycles. The van der Waals surface area contributed by atoms with Gasteiger partial charge in [-0.2, -0.15) is 0 Å². The first-order valence-corrected chi connectivity index (χ1v) is 6.72. The minimum Gasteiger partial charge on any atom is -0.355 e. The van der Waals surface area contributed by atoms with Gasteiger partial charge in [0.05, 0.1) is 0 Å². The third-order valence-corrected chi connectivity index (χ3v) is 3.66. The number of nitrogens with two attached hydrogens (primary N) is 1. The number of anilines is 1. The Bertz CT molecular complexity index is 313. The van der Waals surface area contributed by atoms with Crippen LogP contribution in [0.15, 0.2) is 9.98 Å². The summed E-state index contributed by atoms with van der Waals surface area (Å²) in [5, 5.41) is 6.30. The number of hydrogen-bond acceptors (Lipinski definition) is 4. The maximum absolute atomic E-state index is 5.81. The van der Waals surface area contributed by atoms with Crippen LogP contribution < -0.4 is 11.1 Å². The number of nitrogens with one attached hydrogen (secondary N) is 1. The Morgan fingerprint density at radius 2 is 2.33 bits per heavy atom. The lowest BCUT2D eigenvalue weighted by molar-refractivity contribution is 0.407. The molecule has 0 saturated carbocycles. The van der Waals surface area contributed by atoms with Crippen molar-refractivity contribution in [1.82, 2.24) is 4.98 Å². The van der Waals surface area contributed by atoms with Crippen molar-refractivity contribution in [3.05, 3.63) is 9.98 Å². The number of halogens is 1. The third-order valence-electron chi connectivity index (χ3n) is 2.19. The van der Waals surface area contributed by atoms with Crippen molar-refractivity contribution in [1.29, 1.82) is 0 Å². The monoisotopic (exact) mass is 291 g/mol. The van der Waals surface area contributed by atoms with Crippen molar-refractivity contribution in [3.63, 3.8) is 0 Å². The Morgan fingerprint density at radius 1 is 1.67 bits per heavy atom. The normalized spacial score (nSPS) is 15.3. The van der Waals surface area contributed by atoms with E-state index in [1.165, 1.54) is 0 Å². The summed E-state index contributed by atoms with van der Waals surface area (Å²) in [5.41, 5.74) is 5.75. The van der Waals surface area contributed by atoms with Gasteiger partial charge in [-0.3, -0.25) is 0 Å². The minimum atomic E-state index is -0.0640. The molecule has 0 bridgehead atoms. The standard InChI is InChI=1S/C10H18BrN3S/c1-7(2)4-10(3,6-12)14-9-13-8(11)5-15-9/h5,7H,4,6,12H2,1-3H3,(H,13,14). The molecule has 3 nitrogen and oxygen atoms in total. The lowest BCUT2D eigenvalue weighted by Gasteiger charge is -2.30. The smallest absolute Gasteiger partial charge is 0.184 e. The number of rotatable bonds is 5. The fourth-order valence-corrected chi connectivity index (χ4v) is 2.95. The van der Waals surface area contributed by atoms with Gasteiger partial charge in [-0.15, -0.1) is 11.3 Å². The number of hydrogen-bond donors (Lipinski definition) is 2. The molecule has 0 aliphatic heterocycles. The maximum atomic E-state index is 5.81. The summed E-state index contributed by atoms with van der Waals surface area (Å²) in [7, 11) is 0. The topological polar surface area (TPSA) is 50.9 Å². The molecule has 1 rings (SSSR count). The predicted molar refractivity (Wildman–Crippen MR) is 70.4 cm³/mol. The van der Waals surface area contributed by atoms with E-state index in [1.54, 1.807) is 11.3 Å². The van der Waals surface area contributed by atoms with Crippen LogP contribution in [-0.4, -0.2) is 17.1 Å². The van der Waals surface area contributed by atoms with Gasteiger partial charge in [-0.25, -0.2) is 4.98 Å². The molecular formula is C10H18BrN3S. The average molecular weight is 292 g/mol. The van der Waals surface area contributed by atoms with E-state index < -0.39 is 0 Å². The van der Waals surface area contributed by atoms with Gasteiger partial charge in [-0.1, -0.05) is 13.8 Å². The molecule has 0 fully saturated rings. The van der Waals surface area contributed by atoms with E-state index in [2.05, 4.69) is 47.0 Å². The van der Waals surface area contributed by atoms with E-state index in [-0.39, 0.29) is 5.54 Å². The van der Waals surface area contributed by atoms with Gasteiger partial charge in [-0.05, 0) is 35.2 Å². The molecule has 0 aromatic carbocycles. The molecule has 1 aromatic heterocycles. The summed E-state index contributed by atoms with van der Waals surface area (Å²) >= 11 is 4.93. The van der Waals surface area contributed by atoms with Gasteiger partial charge in [0.25, 0.3) is 0 Å². The molecule has 0 radical (unpaired) electrons. The predicted octanol–water partition coefficient (Wildman–Crippen LogP) is 3.08. The van der Waals surface area contributed by atoms with E-state index in [9.17, 15) is 0 Å². The van der Waals surface area contributed by atoms with Crippen LogP contribution in [0.2, 0.25) is 0 Å². The van der Waals surface area contributed by atoms with Crippen LogP contribution in [0.1, 0.15) is 27.2 Å². The fraction of sp³-hybridized carbons (Fsp3) is 0.700. The first-order valence-electron chi connectivity index (χ1n) is 5.04. The SMILES string of the molecule is CC(C)CC(C)(CN)Nc1nc(Br)cs1. The second-order valence-electron chi connectivity index (χ2n) is 4.46. The Hall–Kier alpha value is -0.130. The molecule has 1 heterocycles. The van der Waals surface area contributed by atoms with Gasteiger partial charge in [0, 0.05) is 17.5 Å². The molecule has 0 amide bonds. The van der Waals surface area contributed by atoms with Crippen molar-refractivity contribution >= 4 is 32.4 Å². The average Bonchev–Trinajstić information content (AvgIpc) is 2.49. The maximum Gasteiger partial charge on any atom is 0.184 e. The lowest BCUT2D eigenvalue weighted by atomic mass is 9.91. The molecule has 15 heavy (non-hydrogen) atoms. The second kappa shape index (κ2) is 5.27. The summed E-state index contributed by atoms with van der Waals surface area (Å²) in [4.78, 5) is 4.32. The number of aromatic nitrogens is 1. The Kier molecular flexibility index (Phi) is 4.55. The molecular weight excluding hydrogens is 274 g/mol. The van der Waals surface area contributed by atoms with Gasteiger partial charge >= 0.3 is 0 Å². The van der Waals surface area contributed by atoms with Gasteiger partial charge in [0.1, 0.15) is 4.60 Å². The van der Waals surface area contributed by atoms with Crippen LogP contribution in [0.25, 0.3) is 0 Å². The molecule has 86 valence electrons. The Labute approximate surface area is 104 Å². The van der Waals surface area contributed by atoms with Crippen LogP contribution in [0, 0.1) is 5.92 Å². The summed E-state index contributed by atoms with van der Waals surface area (Å²) in [6.45, 7) is 7.16. The molecule has 0 aliphatic rings. The molecule has 0 saturated heterocycles. The highest BCUT2D eigenvalue weighted by Crippen LogP contribution is 2.25. The number of nitrogens with zero attached hydrogens (tertiary/aromatic N) is 1. The first-order chi connectivity index (χ1) is 6.95. The zero-order chi connectivity index (χ0) is 11.5. The van der Waals surface area contributed by atoms with Gasteiger partial charge in [0.2, 0.25) is 0 Å². The third kappa shape index (κ3) is 4.09. The zero-order valence-corrected chi connectivity index (χ0v) is 11.8. The van der Waals surface area contributed by atoms with Crippen molar-refractivity contribution in [2.75, 3.05) is 11.9 Å².